The maximum Gasteiger partial charge on any atom is 0.0551 e. The lowest BCUT2D eigenvalue weighted by atomic mass is 9.95. The molecular weight excluding hydrogens is 310 g/mol. The SMILES string of the molecule is CCCc1ccc(C(N)c2cc(C)c(Br)c(C)c2)cc1. The second kappa shape index (κ2) is 6.55. The van der Waals surface area contributed by atoms with Crippen molar-refractivity contribution >= 4 is 15.9 Å². The van der Waals surface area contributed by atoms with E-state index in [1.807, 2.05) is 0 Å². The second-order valence-electron chi connectivity index (χ2n) is 5.44. The van der Waals surface area contributed by atoms with Gasteiger partial charge in [0.05, 0.1) is 6.04 Å². The molecule has 1 atom stereocenters. The zero-order chi connectivity index (χ0) is 14.7. The smallest absolute Gasteiger partial charge is 0.0551 e. The van der Waals surface area contributed by atoms with Crippen LogP contribution in [-0.4, -0.2) is 0 Å². The van der Waals surface area contributed by atoms with Crippen molar-refractivity contribution in [2.24, 2.45) is 5.73 Å². The molecule has 0 heterocycles. The summed E-state index contributed by atoms with van der Waals surface area (Å²) in [6.07, 6.45) is 2.31. The van der Waals surface area contributed by atoms with E-state index in [9.17, 15) is 0 Å². The highest BCUT2D eigenvalue weighted by molar-refractivity contribution is 9.10. The zero-order valence-corrected chi connectivity index (χ0v) is 14.0. The van der Waals surface area contributed by atoms with E-state index in [4.69, 9.17) is 5.73 Å². The molecule has 0 radical (unpaired) electrons. The minimum absolute atomic E-state index is 0.0591. The Morgan fingerprint density at radius 2 is 1.55 bits per heavy atom. The lowest BCUT2D eigenvalue weighted by Crippen LogP contribution is -2.12. The molecule has 0 aliphatic rings. The molecule has 2 aromatic rings. The van der Waals surface area contributed by atoms with Gasteiger partial charge in [0.15, 0.2) is 0 Å². The van der Waals surface area contributed by atoms with E-state index in [2.05, 4.69) is 73.1 Å². The Balaban J connectivity index is 2.28. The van der Waals surface area contributed by atoms with Gasteiger partial charge in [0, 0.05) is 4.47 Å². The molecule has 1 nitrogen and oxygen atoms in total. The molecule has 0 aromatic heterocycles. The summed E-state index contributed by atoms with van der Waals surface area (Å²) < 4.78 is 1.17. The van der Waals surface area contributed by atoms with Gasteiger partial charge in [-0.25, -0.2) is 0 Å². The fourth-order valence-electron chi connectivity index (χ4n) is 2.53. The third kappa shape index (κ3) is 3.31. The predicted molar refractivity (Wildman–Crippen MR) is 90.1 cm³/mol. The van der Waals surface area contributed by atoms with Crippen molar-refractivity contribution in [2.45, 2.75) is 39.7 Å². The summed E-state index contributed by atoms with van der Waals surface area (Å²) >= 11 is 3.60. The van der Waals surface area contributed by atoms with Gasteiger partial charge in [0.1, 0.15) is 0 Å². The third-order valence-electron chi connectivity index (χ3n) is 3.70. The maximum absolute atomic E-state index is 6.41. The van der Waals surface area contributed by atoms with Crippen LogP contribution >= 0.6 is 15.9 Å². The molecule has 0 spiro atoms. The monoisotopic (exact) mass is 331 g/mol. The summed E-state index contributed by atoms with van der Waals surface area (Å²) in [5, 5.41) is 0. The van der Waals surface area contributed by atoms with Crippen LogP contribution in [0.5, 0.6) is 0 Å². The highest BCUT2D eigenvalue weighted by atomic mass is 79.9. The third-order valence-corrected chi connectivity index (χ3v) is 4.95. The molecule has 0 aliphatic carbocycles. The van der Waals surface area contributed by atoms with Gasteiger partial charge in [-0.15, -0.1) is 0 Å². The molecule has 20 heavy (non-hydrogen) atoms. The summed E-state index contributed by atoms with van der Waals surface area (Å²) in [6, 6.07) is 13.0. The largest absolute Gasteiger partial charge is 0.320 e. The van der Waals surface area contributed by atoms with Crippen molar-refractivity contribution in [3.05, 3.63) is 68.7 Å². The Labute approximate surface area is 130 Å². The predicted octanol–water partition coefficient (Wildman–Crippen LogP) is 5.07. The zero-order valence-electron chi connectivity index (χ0n) is 12.4. The molecule has 0 saturated carbocycles. The molecule has 106 valence electrons. The molecule has 2 rings (SSSR count). The molecule has 0 saturated heterocycles. The molecule has 0 aliphatic heterocycles. The minimum atomic E-state index is -0.0591. The van der Waals surface area contributed by atoms with Crippen molar-refractivity contribution in [3.63, 3.8) is 0 Å². The quantitative estimate of drug-likeness (QED) is 0.831. The number of hydrogen-bond acceptors (Lipinski definition) is 1. The van der Waals surface area contributed by atoms with E-state index >= 15 is 0 Å². The average molecular weight is 332 g/mol. The van der Waals surface area contributed by atoms with Crippen molar-refractivity contribution < 1.29 is 0 Å². The molecule has 2 heteroatoms. The molecule has 1 unspecified atom stereocenters. The topological polar surface area (TPSA) is 26.0 Å². The van der Waals surface area contributed by atoms with Gasteiger partial charge in [0.25, 0.3) is 0 Å². The van der Waals surface area contributed by atoms with Crippen LogP contribution in [0.2, 0.25) is 0 Å². The van der Waals surface area contributed by atoms with Gasteiger partial charge < -0.3 is 5.73 Å². The Morgan fingerprint density at radius 3 is 2.05 bits per heavy atom. The van der Waals surface area contributed by atoms with E-state index in [-0.39, 0.29) is 6.04 Å². The normalized spacial score (nSPS) is 12.4. The Bertz CT molecular complexity index is 564. The van der Waals surface area contributed by atoms with Gasteiger partial charge >= 0.3 is 0 Å². The minimum Gasteiger partial charge on any atom is -0.320 e. The second-order valence-corrected chi connectivity index (χ2v) is 6.23. The number of hydrogen-bond donors (Lipinski definition) is 1. The number of benzene rings is 2. The lowest BCUT2D eigenvalue weighted by Gasteiger charge is -2.16. The molecule has 2 aromatic carbocycles. The number of rotatable bonds is 4. The molecule has 2 N–H and O–H groups in total. The van der Waals surface area contributed by atoms with Crippen LogP contribution in [0.4, 0.5) is 0 Å². The van der Waals surface area contributed by atoms with Gasteiger partial charge in [-0.2, -0.15) is 0 Å². The first kappa shape index (κ1) is 15.3. The van der Waals surface area contributed by atoms with Crippen LogP contribution in [0.25, 0.3) is 0 Å². The summed E-state index contributed by atoms with van der Waals surface area (Å²) in [6.45, 7) is 6.42. The first-order chi connectivity index (χ1) is 9.52. The van der Waals surface area contributed by atoms with E-state index in [0.29, 0.717) is 0 Å². The summed E-state index contributed by atoms with van der Waals surface area (Å²) in [5.41, 5.74) is 12.6. The van der Waals surface area contributed by atoms with Crippen molar-refractivity contribution in [1.29, 1.82) is 0 Å². The van der Waals surface area contributed by atoms with E-state index in [1.54, 1.807) is 0 Å². The summed E-state index contributed by atoms with van der Waals surface area (Å²) in [7, 11) is 0. The van der Waals surface area contributed by atoms with E-state index < -0.39 is 0 Å². The highest BCUT2D eigenvalue weighted by Crippen LogP contribution is 2.27. The van der Waals surface area contributed by atoms with Gasteiger partial charge in [-0.3, -0.25) is 0 Å². The number of aryl methyl sites for hydroxylation is 3. The first-order valence-corrected chi connectivity index (χ1v) is 7.93. The highest BCUT2D eigenvalue weighted by Gasteiger charge is 2.11. The van der Waals surface area contributed by atoms with Crippen LogP contribution < -0.4 is 5.73 Å². The number of halogens is 1. The van der Waals surface area contributed by atoms with Crippen LogP contribution in [0.15, 0.2) is 40.9 Å². The van der Waals surface area contributed by atoms with Crippen molar-refractivity contribution in [2.75, 3.05) is 0 Å². The Hall–Kier alpha value is -1.12. The fourth-order valence-corrected chi connectivity index (χ4v) is 2.76. The first-order valence-electron chi connectivity index (χ1n) is 7.14. The van der Waals surface area contributed by atoms with Crippen LogP contribution in [0.1, 0.15) is 47.2 Å². The van der Waals surface area contributed by atoms with Crippen LogP contribution in [-0.2, 0) is 6.42 Å². The summed E-state index contributed by atoms with van der Waals surface area (Å²) in [4.78, 5) is 0. The van der Waals surface area contributed by atoms with Crippen LogP contribution in [0, 0.1) is 13.8 Å². The summed E-state index contributed by atoms with van der Waals surface area (Å²) in [5.74, 6) is 0. The van der Waals surface area contributed by atoms with Crippen molar-refractivity contribution in [3.8, 4) is 0 Å². The molecular formula is C18H22BrN. The van der Waals surface area contributed by atoms with E-state index in [1.165, 1.54) is 38.7 Å². The van der Waals surface area contributed by atoms with Crippen molar-refractivity contribution in [1.82, 2.24) is 0 Å². The van der Waals surface area contributed by atoms with E-state index in [0.717, 1.165) is 6.42 Å². The standard InChI is InChI=1S/C18H22BrN/c1-4-5-14-6-8-15(9-7-14)18(20)16-10-12(2)17(19)13(3)11-16/h6-11,18H,4-5,20H2,1-3H3. The fraction of sp³-hybridized carbons (Fsp3) is 0.333. The molecule has 0 amide bonds. The van der Waals surface area contributed by atoms with Gasteiger partial charge in [0.2, 0.25) is 0 Å². The Morgan fingerprint density at radius 1 is 1.00 bits per heavy atom. The van der Waals surface area contributed by atoms with Gasteiger partial charge in [-0.05, 0) is 48.1 Å². The van der Waals surface area contributed by atoms with Gasteiger partial charge in [-0.1, -0.05) is 65.7 Å². The lowest BCUT2D eigenvalue weighted by molar-refractivity contribution is 0.861. The molecule has 0 fully saturated rings. The number of nitrogens with two attached hydrogens (primary N) is 1. The molecule has 0 bridgehead atoms. The average Bonchev–Trinajstić information content (AvgIpc) is 2.44. The van der Waals surface area contributed by atoms with Crippen LogP contribution in [0.3, 0.4) is 0 Å². The maximum atomic E-state index is 6.41. The Kier molecular flexibility index (Phi) is 5.00.